The molecule has 0 heterocycles. The van der Waals surface area contributed by atoms with Crippen LogP contribution in [-0.4, -0.2) is 24.2 Å². The van der Waals surface area contributed by atoms with Crippen molar-refractivity contribution < 1.29 is 32.2 Å². The van der Waals surface area contributed by atoms with E-state index in [-0.39, 0.29) is 34.4 Å². The molecule has 1 aromatic carbocycles. The highest BCUT2D eigenvalue weighted by molar-refractivity contribution is 5.74. The molecule has 0 bridgehead atoms. The number of fused-ring (bicyclic) bond motifs is 5. The first-order valence-electron chi connectivity index (χ1n) is 13.6. The number of carbonyl (C=O) groups excluding carboxylic acids is 2. The average Bonchev–Trinajstić information content (AvgIpc) is 3.19. The van der Waals surface area contributed by atoms with Crippen molar-refractivity contribution in [1.29, 1.82) is 0 Å². The molecule has 0 spiro atoms. The van der Waals surface area contributed by atoms with Gasteiger partial charge in [0.15, 0.2) is 0 Å². The summed E-state index contributed by atoms with van der Waals surface area (Å²) in [5, 5.41) is 0. The van der Waals surface area contributed by atoms with Crippen LogP contribution in [0.25, 0.3) is 0 Å². The number of alkyl halides is 3. The van der Waals surface area contributed by atoms with Gasteiger partial charge in [-0.05, 0) is 73.5 Å². The van der Waals surface area contributed by atoms with Gasteiger partial charge in [-0.1, -0.05) is 55.8 Å². The van der Waals surface area contributed by atoms with Gasteiger partial charge in [0, 0.05) is 18.9 Å². The number of carbonyl (C=O) groups is 2. The van der Waals surface area contributed by atoms with Gasteiger partial charge in [-0.3, -0.25) is 9.59 Å². The van der Waals surface area contributed by atoms with E-state index in [9.17, 15) is 22.8 Å². The number of esters is 2. The van der Waals surface area contributed by atoms with Gasteiger partial charge in [-0.25, -0.2) is 0 Å². The first-order valence-corrected chi connectivity index (χ1v) is 13.6. The van der Waals surface area contributed by atoms with Crippen molar-refractivity contribution >= 4 is 11.9 Å². The van der Waals surface area contributed by atoms with Crippen LogP contribution in [0.2, 0.25) is 0 Å². The summed E-state index contributed by atoms with van der Waals surface area (Å²) in [5.41, 5.74) is 1.03. The van der Waals surface area contributed by atoms with Crippen molar-refractivity contribution in [3.63, 3.8) is 0 Å². The molecule has 4 nitrogen and oxygen atoms in total. The Morgan fingerprint density at radius 3 is 2.41 bits per heavy atom. The van der Waals surface area contributed by atoms with E-state index < -0.39 is 24.2 Å². The quantitative estimate of drug-likeness (QED) is 0.309. The van der Waals surface area contributed by atoms with Gasteiger partial charge in [0.25, 0.3) is 0 Å². The van der Waals surface area contributed by atoms with E-state index in [1.54, 1.807) is 6.07 Å². The monoisotopic (exact) mass is 518 g/mol. The highest BCUT2D eigenvalue weighted by Gasteiger charge is 2.61. The number of rotatable bonds is 4. The molecule has 8 atom stereocenters. The molecule has 3 fully saturated rings. The van der Waals surface area contributed by atoms with Crippen molar-refractivity contribution in [2.45, 2.75) is 90.5 Å². The fourth-order valence-electron chi connectivity index (χ4n) is 8.50. The largest absolute Gasteiger partial charge is 0.462 e. The molecule has 3 saturated carbocycles. The van der Waals surface area contributed by atoms with Crippen LogP contribution in [-0.2, 0) is 19.1 Å². The highest BCUT2D eigenvalue weighted by Crippen LogP contribution is 2.66. The lowest BCUT2D eigenvalue weighted by atomic mass is 9.47. The Kier molecular flexibility index (Phi) is 6.73. The fraction of sp³-hybridized carbons (Fsp3) is 0.667. The average molecular weight is 519 g/mol. The summed E-state index contributed by atoms with van der Waals surface area (Å²) in [6.07, 6.45) is 2.08. The number of ether oxygens (including phenoxy) is 2. The lowest BCUT2D eigenvalue weighted by molar-refractivity contribution is -0.228. The summed E-state index contributed by atoms with van der Waals surface area (Å²) in [7, 11) is 0. The van der Waals surface area contributed by atoms with E-state index in [0.717, 1.165) is 44.9 Å². The highest BCUT2D eigenvalue weighted by atomic mass is 19.4. The first kappa shape index (κ1) is 26.3. The Bertz CT molecular complexity index is 1070. The molecule has 4 aliphatic carbocycles. The summed E-state index contributed by atoms with van der Waals surface area (Å²) >= 11 is 0. The molecular formula is C30H37F3O4. The second-order valence-corrected chi connectivity index (χ2v) is 12.2. The number of allylic oxidation sites excluding steroid dienone is 1. The molecule has 1 aromatic rings. The summed E-state index contributed by atoms with van der Waals surface area (Å²) < 4.78 is 52.5. The van der Waals surface area contributed by atoms with Gasteiger partial charge < -0.3 is 9.47 Å². The zero-order valence-corrected chi connectivity index (χ0v) is 21.9. The lowest BCUT2D eigenvalue weighted by Gasteiger charge is -2.57. The van der Waals surface area contributed by atoms with Gasteiger partial charge >= 0.3 is 18.1 Å². The predicted molar refractivity (Wildman–Crippen MR) is 132 cm³/mol. The van der Waals surface area contributed by atoms with Crippen molar-refractivity contribution in [1.82, 2.24) is 0 Å². The molecule has 4 aliphatic rings. The van der Waals surface area contributed by atoms with Crippen LogP contribution >= 0.6 is 0 Å². The topological polar surface area (TPSA) is 52.6 Å². The van der Waals surface area contributed by atoms with Gasteiger partial charge in [0.1, 0.15) is 6.10 Å². The third-order valence-electron chi connectivity index (χ3n) is 10.3. The fourth-order valence-corrected chi connectivity index (χ4v) is 8.50. The number of benzene rings is 1. The maximum absolute atomic E-state index is 13.9. The minimum atomic E-state index is -4.67. The van der Waals surface area contributed by atoms with Crippen molar-refractivity contribution in [2.24, 2.45) is 34.5 Å². The Balaban J connectivity index is 1.34. The molecule has 7 heteroatoms. The van der Waals surface area contributed by atoms with E-state index in [2.05, 4.69) is 19.9 Å². The summed E-state index contributed by atoms with van der Waals surface area (Å²) in [5.74, 6) is -0.306. The number of hydrogen-bond acceptors (Lipinski definition) is 4. The SMILES string of the molecule is CC(=O)OC1CCC2(C)C(=CCC3C2CCC2(C)C(C(=O)OC(c4ccccc4)C(F)(F)F)CCC32)C1. The Morgan fingerprint density at radius 1 is 1.00 bits per heavy atom. The van der Waals surface area contributed by atoms with E-state index in [1.165, 1.54) is 36.8 Å². The van der Waals surface area contributed by atoms with Crippen LogP contribution in [0.4, 0.5) is 13.2 Å². The molecule has 202 valence electrons. The van der Waals surface area contributed by atoms with Crippen molar-refractivity contribution in [3.8, 4) is 0 Å². The number of halogens is 3. The molecule has 0 amide bonds. The molecule has 0 saturated heterocycles. The van der Waals surface area contributed by atoms with Crippen LogP contribution in [0.15, 0.2) is 42.0 Å². The van der Waals surface area contributed by atoms with E-state index >= 15 is 0 Å². The first-order chi connectivity index (χ1) is 17.4. The minimum Gasteiger partial charge on any atom is -0.462 e. The van der Waals surface area contributed by atoms with Crippen molar-refractivity contribution in [3.05, 3.63) is 47.5 Å². The summed E-state index contributed by atoms with van der Waals surface area (Å²) in [6, 6.07) is 7.42. The zero-order valence-electron chi connectivity index (χ0n) is 21.9. The van der Waals surface area contributed by atoms with Crippen LogP contribution < -0.4 is 0 Å². The standard InChI is InChI=1S/C30H37F3O4/c1-18(34)36-21-13-15-28(2)20(17-21)9-10-22-23-11-12-25(29(23,3)16-14-24(22)28)27(35)37-26(30(31,32)33)19-7-5-4-6-8-19/h4-9,21-26H,10-17H2,1-3H3. The normalized spacial score (nSPS) is 37.9. The van der Waals surface area contributed by atoms with Crippen LogP contribution in [0.1, 0.15) is 83.8 Å². The second-order valence-electron chi connectivity index (χ2n) is 12.2. The Labute approximate surface area is 217 Å². The predicted octanol–water partition coefficient (Wildman–Crippen LogP) is 7.34. The van der Waals surface area contributed by atoms with E-state index in [4.69, 9.17) is 9.47 Å². The Morgan fingerprint density at radius 2 is 1.73 bits per heavy atom. The Hall–Kier alpha value is -2.31. The molecule has 8 unspecified atom stereocenters. The molecule has 0 aromatic heterocycles. The van der Waals surface area contributed by atoms with Crippen LogP contribution in [0, 0.1) is 34.5 Å². The van der Waals surface area contributed by atoms with Gasteiger partial charge in [0.05, 0.1) is 5.92 Å². The molecule has 37 heavy (non-hydrogen) atoms. The third kappa shape index (κ3) is 4.61. The van der Waals surface area contributed by atoms with Gasteiger partial charge in [0.2, 0.25) is 6.10 Å². The zero-order chi connectivity index (χ0) is 26.6. The maximum Gasteiger partial charge on any atom is 0.429 e. The molecule has 5 rings (SSSR count). The minimum absolute atomic E-state index is 0.0472. The van der Waals surface area contributed by atoms with Crippen LogP contribution in [0.5, 0.6) is 0 Å². The summed E-state index contributed by atoms with van der Waals surface area (Å²) in [4.78, 5) is 24.8. The molecular weight excluding hydrogens is 481 g/mol. The van der Waals surface area contributed by atoms with Crippen molar-refractivity contribution in [2.75, 3.05) is 0 Å². The maximum atomic E-state index is 13.9. The van der Waals surface area contributed by atoms with Crippen LogP contribution in [0.3, 0.4) is 0 Å². The number of hydrogen-bond donors (Lipinski definition) is 0. The lowest BCUT2D eigenvalue weighted by Crippen LogP contribution is -2.51. The van der Waals surface area contributed by atoms with E-state index in [0.29, 0.717) is 18.3 Å². The van der Waals surface area contributed by atoms with Gasteiger partial charge in [-0.2, -0.15) is 13.2 Å². The van der Waals surface area contributed by atoms with E-state index in [1.807, 2.05) is 0 Å². The molecule has 0 N–H and O–H groups in total. The third-order valence-corrected chi connectivity index (χ3v) is 10.3. The molecule has 0 radical (unpaired) electrons. The second kappa shape index (κ2) is 9.46. The smallest absolute Gasteiger partial charge is 0.429 e. The molecule has 0 aliphatic heterocycles. The van der Waals surface area contributed by atoms with Gasteiger partial charge in [-0.15, -0.1) is 0 Å². The summed E-state index contributed by atoms with van der Waals surface area (Å²) in [6.45, 7) is 5.91.